The van der Waals surface area contributed by atoms with E-state index in [1.165, 1.54) is 0 Å². The van der Waals surface area contributed by atoms with E-state index in [0.717, 1.165) is 5.57 Å². The van der Waals surface area contributed by atoms with Crippen molar-refractivity contribution in [1.29, 1.82) is 0 Å². The SMILES string of the molecule is C=C(C)CNC(=S)NNC(=O)COc1ccccc1. The highest BCUT2D eigenvalue weighted by molar-refractivity contribution is 7.80. The molecule has 1 aromatic rings. The maximum Gasteiger partial charge on any atom is 0.276 e. The molecule has 5 nitrogen and oxygen atoms in total. The topological polar surface area (TPSA) is 62.4 Å². The molecule has 0 saturated heterocycles. The van der Waals surface area contributed by atoms with Crippen LogP contribution in [0, 0.1) is 0 Å². The first-order valence-corrected chi connectivity index (χ1v) is 6.13. The lowest BCUT2D eigenvalue weighted by Gasteiger charge is -2.11. The molecule has 0 aliphatic rings. The van der Waals surface area contributed by atoms with Crippen molar-refractivity contribution in [2.45, 2.75) is 6.92 Å². The van der Waals surface area contributed by atoms with Gasteiger partial charge in [0.25, 0.3) is 5.91 Å². The minimum absolute atomic E-state index is 0.0832. The molecule has 0 bridgehead atoms. The first-order chi connectivity index (χ1) is 9.08. The fourth-order valence-corrected chi connectivity index (χ4v) is 1.23. The average Bonchev–Trinajstić information content (AvgIpc) is 2.41. The van der Waals surface area contributed by atoms with Crippen molar-refractivity contribution in [2.24, 2.45) is 0 Å². The molecule has 0 atom stereocenters. The summed E-state index contributed by atoms with van der Waals surface area (Å²) < 4.78 is 5.27. The van der Waals surface area contributed by atoms with Gasteiger partial charge in [-0.2, -0.15) is 0 Å². The Morgan fingerprint density at radius 2 is 2.00 bits per heavy atom. The van der Waals surface area contributed by atoms with Crippen molar-refractivity contribution in [1.82, 2.24) is 16.2 Å². The maximum atomic E-state index is 11.5. The van der Waals surface area contributed by atoms with Crippen LogP contribution in [0.2, 0.25) is 0 Å². The van der Waals surface area contributed by atoms with E-state index in [0.29, 0.717) is 17.4 Å². The molecule has 0 aromatic heterocycles. The van der Waals surface area contributed by atoms with E-state index in [-0.39, 0.29) is 12.5 Å². The van der Waals surface area contributed by atoms with Crippen LogP contribution in [0.15, 0.2) is 42.5 Å². The fourth-order valence-electron chi connectivity index (χ4n) is 1.10. The van der Waals surface area contributed by atoms with Crippen LogP contribution in [0.4, 0.5) is 0 Å². The van der Waals surface area contributed by atoms with Gasteiger partial charge in [0.05, 0.1) is 0 Å². The minimum atomic E-state index is -0.316. The van der Waals surface area contributed by atoms with Gasteiger partial charge in [-0.05, 0) is 31.3 Å². The molecule has 0 heterocycles. The Morgan fingerprint density at radius 1 is 1.32 bits per heavy atom. The molecule has 3 N–H and O–H groups in total. The van der Waals surface area contributed by atoms with E-state index in [2.05, 4.69) is 22.7 Å². The summed E-state index contributed by atoms with van der Waals surface area (Å²) in [4.78, 5) is 11.5. The lowest BCUT2D eigenvalue weighted by Crippen LogP contribution is -2.48. The number of thiocarbonyl (C=S) groups is 1. The highest BCUT2D eigenvalue weighted by Crippen LogP contribution is 2.07. The van der Waals surface area contributed by atoms with Crippen molar-refractivity contribution >= 4 is 23.2 Å². The Morgan fingerprint density at radius 3 is 2.63 bits per heavy atom. The lowest BCUT2D eigenvalue weighted by molar-refractivity contribution is -0.123. The second kappa shape index (κ2) is 8.10. The number of hydrogen-bond donors (Lipinski definition) is 3. The summed E-state index contributed by atoms with van der Waals surface area (Å²) in [5.74, 6) is 0.323. The van der Waals surface area contributed by atoms with Crippen LogP contribution >= 0.6 is 12.2 Å². The summed E-state index contributed by atoms with van der Waals surface area (Å²) in [5, 5.41) is 3.21. The maximum absolute atomic E-state index is 11.5. The van der Waals surface area contributed by atoms with E-state index in [4.69, 9.17) is 17.0 Å². The number of nitrogens with one attached hydrogen (secondary N) is 3. The number of hydrazine groups is 1. The molecule has 1 amide bonds. The van der Waals surface area contributed by atoms with Gasteiger partial charge >= 0.3 is 0 Å². The van der Waals surface area contributed by atoms with Gasteiger partial charge in [0, 0.05) is 6.54 Å². The summed E-state index contributed by atoms with van der Waals surface area (Å²) in [7, 11) is 0. The average molecular weight is 279 g/mol. The van der Waals surface area contributed by atoms with E-state index in [1.807, 2.05) is 25.1 Å². The second-order valence-electron chi connectivity index (χ2n) is 3.91. The first-order valence-electron chi connectivity index (χ1n) is 5.73. The number of rotatable bonds is 5. The fraction of sp³-hybridized carbons (Fsp3) is 0.231. The van der Waals surface area contributed by atoms with Crippen LogP contribution in [0.25, 0.3) is 0 Å². The molecule has 0 unspecified atom stereocenters. The molecule has 0 spiro atoms. The Kier molecular flexibility index (Phi) is 6.38. The van der Waals surface area contributed by atoms with Crippen molar-refractivity contribution in [3.05, 3.63) is 42.5 Å². The zero-order valence-corrected chi connectivity index (χ0v) is 11.5. The predicted molar refractivity (Wildman–Crippen MR) is 78.6 cm³/mol. The summed E-state index contributed by atoms with van der Waals surface area (Å²) in [6.07, 6.45) is 0. The summed E-state index contributed by atoms with van der Waals surface area (Å²) in [6.45, 7) is 6.08. The predicted octanol–water partition coefficient (Wildman–Crippen LogP) is 1.14. The van der Waals surface area contributed by atoms with E-state index in [1.54, 1.807) is 12.1 Å². The highest BCUT2D eigenvalue weighted by Gasteiger charge is 2.02. The Labute approximate surface area is 118 Å². The monoisotopic (exact) mass is 279 g/mol. The van der Waals surface area contributed by atoms with Crippen LogP contribution in [-0.2, 0) is 4.79 Å². The molecule has 0 saturated carbocycles. The highest BCUT2D eigenvalue weighted by atomic mass is 32.1. The van der Waals surface area contributed by atoms with Crippen LogP contribution in [0.3, 0.4) is 0 Å². The van der Waals surface area contributed by atoms with Crippen molar-refractivity contribution in [3.8, 4) is 5.75 Å². The number of hydrogen-bond acceptors (Lipinski definition) is 3. The molecule has 1 aromatic carbocycles. The summed E-state index contributed by atoms with van der Waals surface area (Å²) >= 11 is 4.95. The van der Waals surface area contributed by atoms with Gasteiger partial charge in [-0.15, -0.1) is 0 Å². The van der Waals surface area contributed by atoms with E-state index >= 15 is 0 Å². The lowest BCUT2D eigenvalue weighted by atomic mass is 10.3. The third kappa shape index (κ3) is 7.05. The number of benzene rings is 1. The molecule has 1 rings (SSSR count). The molecule has 0 aliphatic carbocycles. The zero-order chi connectivity index (χ0) is 14.1. The van der Waals surface area contributed by atoms with Crippen molar-refractivity contribution < 1.29 is 9.53 Å². The van der Waals surface area contributed by atoms with Crippen molar-refractivity contribution in [2.75, 3.05) is 13.2 Å². The minimum Gasteiger partial charge on any atom is -0.484 e. The Bertz CT molecular complexity index is 448. The van der Waals surface area contributed by atoms with Gasteiger partial charge in [0.1, 0.15) is 5.75 Å². The van der Waals surface area contributed by atoms with Crippen LogP contribution in [0.1, 0.15) is 6.92 Å². The third-order valence-electron chi connectivity index (χ3n) is 1.98. The number of ether oxygens (including phenoxy) is 1. The zero-order valence-electron chi connectivity index (χ0n) is 10.7. The Balaban J connectivity index is 2.17. The largest absolute Gasteiger partial charge is 0.484 e. The van der Waals surface area contributed by atoms with Crippen molar-refractivity contribution in [3.63, 3.8) is 0 Å². The smallest absolute Gasteiger partial charge is 0.276 e. The third-order valence-corrected chi connectivity index (χ3v) is 2.23. The quantitative estimate of drug-likeness (QED) is 0.428. The number of carbonyl (C=O) groups excluding carboxylic acids is 1. The van der Waals surface area contributed by atoms with Gasteiger partial charge in [-0.3, -0.25) is 15.6 Å². The van der Waals surface area contributed by atoms with Crippen LogP contribution in [-0.4, -0.2) is 24.2 Å². The molecule has 102 valence electrons. The van der Waals surface area contributed by atoms with E-state index < -0.39 is 0 Å². The second-order valence-corrected chi connectivity index (χ2v) is 4.32. The van der Waals surface area contributed by atoms with E-state index in [9.17, 15) is 4.79 Å². The van der Waals surface area contributed by atoms with Crippen LogP contribution < -0.4 is 20.9 Å². The van der Waals surface area contributed by atoms with Crippen LogP contribution in [0.5, 0.6) is 5.75 Å². The molecule has 0 aliphatic heterocycles. The Hall–Kier alpha value is -2.08. The number of amides is 1. The number of para-hydroxylation sites is 1. The van der Waals surface area contributed by atoms with Gasteiger partial charge in [0.2, 0.25) is 0 Å². The molecule has 19 heavy (non-hydrogen) atoms. The van der Waals surface area contributed by atoms with Gasteiger partial charge < -0.3 is 10.1 Å². The standard InChI is InChI=1S/C13H17N3O2S/c1-10(2)8-14-13(19)16-15-12(17)9-18-11-6-4-3-5-7-11/h3-7H,1,8-9H2,2H3,(H,15,17)(H2,14,16,19). The first kappa shape index (κ1) is 15.0. The summed E-state index contributed by atoms with van der Waals surface area (Å²) in [5.41, 5.74) is 5.95. The van der Waals surface area contributed by atoms with Gasteiger partial charge in [-0.25, -0.2) is 0 Å². The van der Waals surface area contributed by atoms with Gasteiger partial charge in [-0.1, -0.05) is 30.4 Å². The molecule has 0 radical (unpaired) electrons. The molecule has 0 fully saturated rings. The normalized spacial score (nSPS) is 9.32. The number of carbonyl (C=O) groups is 1. The molecule has 6 heteroatoms. The molecular formula is C13H17N3O2S. The summed E-state index contributed by atoms with van der Waals surface area (Å²) in [6, 6.07) is 9.10. The molecular weight excluding hydrogens is 262 g/mol. The van der Waals surface area contributed by atoms with Gasteiger partial charge in [0.15, 0.2) is 11.7 Å².